The van der Waals surface area contributed by atoms with Gasteiger partial charge in [-0.25, -0.2) is 4.79 Å². The predicted octanol–water partition coefficient (Wildman–Crippen LogP) is 14.0. The molecule has 0 aromatic heterocycles. The molecule has 0 saturated carbocycles. The van der Waals surface area contributed by atoms with Crippen molar-refractivity contribution in [3.63, 3.8) is 0 Å². The van der Waals surface area contributed by atoms with Gasteiger partial charge in [0.1, 0.15) is 6.61 Å². The van der Waals surface area contributed by atoms with Gasteiger partial charge in [0, 0.05) is 19.3 Å². The summed E-state index contributed by atoms with van der Waals surface area (Å²) in [6, 6.07) is -0.617. The summed E-state index contributed by atoms with van der Waals surface area (Å²) in [6.45, 7) is 4.63. The number of allylic oxidation sites excluding steroid dienone is 8. The van der Waals surface area contributed by atoms with E-state index in [1.54, 1.807) is 0 Å². The molecule has 8 heteroatoms. The zero-order valence-electron chi connectivity index (χ0n) is 39.7. The molecule has 0 rings (SSSR count). The summed E-state index contributed by atoms with van der Waals surface area (Å²) < 4.78 is 17.3. The quantitative estimate of drug-likeness (QED) is 0.0282. The third kappa shape index (κ3) is 40.7. The number of hydrogen-bond acceptors (Lipinski definition) is 6. The molecule has 0 aromatic rings. The molecule has 0 aliphatic heterocycles. The lowest BCUT2D eigenvalue weighted by Crippen LogP contribution is -2.50. The van der Waals surface area contributed by atoms with Gasteiger partial charge in [-0.05, 0) is 51.4 Å². The number of likely N-dealkylation sites (N-methyl/N-ethyl adjacent to an activating group) is 1. The molecule has 0 radical (unpaired) electrons. The Hall–Kier alpha value is -2.71. The van der Waals surface area contributed by atoms with Crippen LogP contribution in [0.25, 0.3) is 0 Å². The molecular weight excluding hydrogens is 751 g/mol. The summed E-state index contributed by atoms with van der Waals surface area (Å²) in [7, 11) is 5.53. The highest BCUT2D eigenvalue weighted by Gasteiger charge is 2.31. The summed E-state index contributed by atoms with van der Waals surface area (Å²) in [5, 5.41) is 9.64. The van der Waals surface area contributed by atoms with Crippen LogP contribution in [0, 0.1) is 0 Å². The van der Waals surface area contributed by atoms with E-state index in [1.165, 1.54) is 103 Å². The fourth-order valence-electron chi connectivity index (χ4n) is 7.20. The Morgan fingerprint density at radius 2 is 0.933 bits per heavy atom. The fraction of sp³-hybridized carbons (Fsp3) is 0.788. The Balaban J connectivity index is 4.29. The first kappa shape index (κ1) is 57.3. The second-order valence-electron chi connectivity index (χ2n) is 17.7. The van der Waals surface area contributed by atoms with E-state index in [9.17, 15) is 19.5 Å². The number of aliphatic carboxylic acids is 1. The van der Waals surface area contributed by atoms with Crippen molar-refractivity contribution in [3.05, 3.63) is 48.6 Å². The van der Waals surface area contributed by atoms with E-state index >= 15 is 0 Å². The maximum absolute atomic E-state index is 12.8. The first-order chi connectivity index (χ1) is 29.1. The van der Waals surface area contributed by atoms with E-state index in [0.29, 0.717) is 19.3 Å². The summed E-state index contributed by atoms with van der Waals surface area (Å²) in [4.78, 5) is 37.1. The number of carbonyl (C=O) groups is 3. The summed E-state index contributed by atoms with van der Waals surface area (Å²) in [5.41, 5.74) is 0. The number of nitrogens with zero attached hydrogens (tertiary/aromatic N) is 1. The summed E-state index contributed by atoms with van der Waals surface area (Å²) in [5.74, 6) is -1.48. The van der Waals surface area contributed by atoms with E-state index in [2.05, 4.69) is 62.5 Å². The van der Waals surface area contributed by atoms with E-state index in [0.717, 1.165) is 77.0 Å². The smallest absolute Gasteiger partial charge is 0.362 e. The van der Waals surface area contributed by atoms with Crippen molar-refractivity contribution in [3.8, 4) is 0 Å². The number of carbonyl (C=O) groups excluding carboxylic acids is 2. The molecule has 0 spiro atoms. The van der Waals surface area contributed by atoms with Crippen LogP contribution in [0.5, 0.6) is 0 Å². The number of unbranched alkanes of at least 4 members (excludes halogenated alkanes) is 22. The number of rotatable bonds is 44. The number of carboxylic acids is 1. The average Bonchev–Trinajstić information content (AvgIpc) is 3.21. The number of quaternary nitrogens is 1. The van der Waals surface area contributed by atoms with Gasteiger partial charge in [0.15, 0.2) is 12.1 Å². The first-order valence-electron chi connectivity index (χ1n) is 24.7. The van der Waals surface area contributed by atoms with Gasteiger partial charge in [0.05, 0.1) is 34.4 Å². The molecule has 0 amide bonds. The Morgan fingerprint density at radius 3 is 1.38 bits per heavy atom. The van der Waals surface area contributed by atoms with Crippen LogP contribution in [-0.2, 0) is 28.6 Å². The minimum Gasteiger partial charge on any atom is -0.477 e. The highest BCUT2D eigenvalue weighted by molar-refractivity contribution is 5.72. The highest BCUT2D eigenvalue weighted by Crippen LogP contribution is 2.16. The summed E-state index contributed by atoms with van der Waals surface area (Å²) in [6.07, 6.45) is 51.5. The number of hydrogen-bond donors (Lipinski definition) is 1. The molecule has 2 unspecified atom stereocenters. The molecule has 0 bridgehead atoms. The Bertz CT molecular complexity index is 1120. The molecule has 0 aliphatic carbocycles. The van der Waals surface area contributed by atoms with Crippen molar-refractivity contribution in [2.24, 2.45) is 0 Å². The molecule has 60 heavy (non-hydrogen) atoms. The molecule has 0 fully saturated rings. The zero-order chi connectivity index (χ0) is 44.2. The second kappa shape index (κ2) is 43.0. The number of carboxylic acid groups (broad SMARTS) is 1. The third-order valence-electron chi connectivity index (χ3n) is 11.0. The van der Waals surface area contributed by atoms with Gasteiger partial charge in [-0.2, -0.15) is 0 Å². The molecule has 348 valence electrons. The van der Waals surface area contributed by atoms with Gasteiger partial charge in [0.2, 0.25) is 0 Å². The van der Waals surface area contributed by atoms with Crippen LogP contribution in [0.1, 0.15) is 213 Å². The molecule has 2 atom stereocenters. The largest absolute Gasteiger partial charge is 0.477 e. The van der Waals surface area contributed by atoms with Crippen LogP contribution in [-0.4, -0.2) is 80.6 Å². The normalized spacial score (nSPS) is 13.3. The molecule has 0 aliphatic rings. The maximum atomic E-state index is 12.8. The predicted molar refractivity (Wildman–Crippen MR) is 252 cm³/mol. The van der Waals surface area contributed by atoms with Crippen molar-refractivity contribution < 1.29 is 38.2 Å². The van der Waals surface area contributed by atoms with Crippen LogP contribution in [0.15, 0.2) is 48.6 Å². The van der Waals surface area contributed by atoms with Crippen molar-refractivity contribution in [2.75, 3.05) is 41.0 Å². The molecule has 0 heterocycles. The minimum absolute atomic E-state index is 0.0551. The molecule has 8 nitrogen and oxygen atoms in total. The zero-order valence-corrected chi connectivity index (χ0v) is 39.7. The lowest BCUT2D eigenvalue weighted by molar-refractivity contribution is -0.887. The monoisotopic (exact) mass is 845 g/mol. The standard InChI is InChI=1S/C52H93NO7/c1-6-8-10-12-14-16-18-20-22-24-25-27-29-31-33-35-37-39-41-43-51(55)60-48(46-58-45-44-49(52(56)57)53(3,4)5)47-59-50(54)42-40-38-36-34-32-30-28-26-23-21-19-17-15-13-11-9-7-2/h8,10,14,16,20,22,25,27,48-49H,6-7,9,11-13,15,17-19,21,23-24,26,28-47H2,1-5H3/p+1/b10-8-,16-14-,22-20-,27-25-. The Kier molecular flexibility index (Phi) is 41.0. The maximum Gasteiger partial charge on any atom is 0.362 e. The van der Waals surface area contributed by atoms with Crippen molar-refractivity contribution in [2.45, 2.75) is 225 Å². The first-order valence-corrected chi connectivity index (χ1v) is 24.7. The van der Waals surface area contributed by atoms with Gasteiger partial charge in [0.25, 0.3) is 0 Å². The van der Waals surface area contributed by atoms with Crippen LogP contribution in [0.4, 0.5) is 0 Å². The second-order valence-corrected chi connectivity index (χ2v) is 17.7. The Morgan fingerprint density at radius 1 is 0.517 bits per heavy atom. The van der Waals surface area contributed by atoms with Crippen LogP contribution in [0.2, 0.25) is 0 Å². The number of esters is 2. The van der Waals surface area contributed by atoms with Gasteiger partial charge in [-0.3, -0.25) is 9.59 Å². The third-order valence-corrected chi connectivity index (χ3v) is 11.0. The van der Waals surface area contributed by atoms with Gasteiger partial charge in [-0.15, -0.1) is 0 Å². The van der Waals surface area contributed by atoms with Gasteiger partial charge >= 0.3 is 17.9 Å². The van der Waals surface area contributed by atoms with E-state index in [1.807, 2.05) is 21.1 Å². The lowest BCUT2D eigenvalue weighted by atomic mass is 10.0. The minimum atomic E-state index is -0.877. The molecule has 1 N–H and O–H groups in total. The topological polar surface area (TPSA) is 99.1 Å². The SMILES string of the molecule is CC/C=C\C/C=C\C/C=C\C/C=C\CCCCCCCCC(=O)OC(COCCC(C(=O)O)[N+](C)(C)C)COC(=O)CCCCCCCCCCCCCCCCCCC. The molecule has 0 aromatic carbocycles. The van der Waals surface area contributed by atoms with Crippen molar-refractivity contribution in [1.29, 1.82) is 0 Å². The van der Waals surface area contributed by atoms with Gasteiger partial charge < -0.3 is 23.8 Å². The van der Waals surface area contributed by atoms with Crippen molar-refractivity contribution in [1.82, 2.24) is 0 Å². The number of ether oxygens (including phenoxy) is 3. The van der Waals surface area contributed by atoms with Crippen LogP contribution in [0.3, 0.4) is 0 Å². The molecular formula is C52H94NO7+. The van der Waals surface area contributed by atoms with E-state index < -0.39 is 18.1 Å². The average molecular weight is 845 g/mol. The lowest BCUT2D eigenvalue weighted by Gasteiger charge is -2.31. The van der Waals surface area contributed by atoms with Crippen molar-refractivity contribution >= 4 is 17.9 Å². The Labute approximate surface area is 369 Å². The fourth-order valence-corrected chi connectivity index (χ4v) is 7.20. The molecule has 0 saturated heterocycles. The van der Waals surface area contributed by atoms with Crippen LogP contribution < -0.4 is 0 Å². The van der Waals surface area contributed by atoms with E-state index in [4.69, 9.17) is 14.2 Å². The highest BCUT2D eigenvalue weighted by atomic mass is 16.6. The van der Waals surface area contributed by atoms with Gasteiger partial charge in [-0.1, -0.05) is 191 Å². The van der Waals surface area contributed by atoms with Crippen LogP contribution >= 0.6 is 0 Å². The summed E-state index contributed by atoms with van der Waals surface area (Å²) >= 11 is 0. The van der Waals surface area contributed by atoms with E-state index in [-0.39, 0.29) is 36.2 Å².